The van der Waals surface area contributed by atoms with E-state index < -0.39 is 0 Å². The van der Waals surface area contributed by atoms with Crippen LogP contribution in [0, 0.1) is 3.57 Å². The average Bonchev–Trinajstić information content (AvgIpc) is 3.91. The second kappa shape index (κ2) is 27.0. The van der Waals surface area contributed by atoms with Gasteiger partial charge in [0.05, 0.1) is 20.3 Å². The zero-order valence-electron chi connectivity index (χ0n) is 43.0. The number of para-hydroxylation sites is 4. The summed E-state index contributed by atoms with van der Waals surface area (Å²) in [7, 11) is 3.31. The van der Waals surface area contributed by atoms with Crippen LogP contribution in [0.25, 0.3) is 49.3 Å². The van der Waals surface area contributed by atoms with Crippen LogP contribution in [0.15, 0.2) is 133 Å². The molecule has 0 spiro atoms. The lowest BCUT2D eigenvalue weighted by molar-refractivity contribution is 0.0504. The minimum absolute atomic E-state index is 0.0953. The van der Waals surface area contributed by atoms with Crippen LogP contribution in [0.3, 0.4) is 0 Å². The summed E-state index contributed by atoms with van der Waals surface area (Å²) >= 11 is 2.35. The number of H-pyrrole nitrogens is 1. The third-order valence-corrected chi connectivity index (χ3v) is 14.5. The van der Waals surface area contributed by atoms with Crippen LogP contribution in [-0.2, 0) is 20.3 Å². The standard InChI is InChI=1S/C31H39NO2.C19H31IO2.C12H9N/c1-5-6-7-8-9-14-21-31(2,3)24-19-20-30(34-23-33-4)29(22-24)32-27-17-12-10-15-25(27)26-16-11-13-18-28(26)32;1-5-6-7-8-9-10-13-19(2,3)16-11-12-18(17(20)14-16)22-15-21-4;1-3-7-11-9(5-1)10-6-2-4-8-12(10)13-11/h10-13,15-20,22H,5-9,14,21,23H2,1-4H3;11-12,14H,5-10,13,15H2,1-4H3;1-8,13H. The van der Waals surface area contributed by atoms with Crippen LogP contribution >= 0.6 is 22.6 Å². The third-order valence-electron chi connectivity index (χ3n) is 13.7. The van der Waals surface area contributed by atoms with Crippen molar-refractivity contribution in [2.24, 2.45) is 0 Å². The van der Waals surface area contributed by atoms with Gasteiger partial charge >= 0.3 is 0 Å². The quantitative estimate of drug-likeness (QED) is 0.0394. The average molecular weight is 1040 g/mol. The molecule has 0 aliphatic carbocycles. The first-order valence-electron chi connectivity index (χ1n) is 25.6. The summed E-state index contributed by atoms with van der Waals surface area (Å²) < 4.78 is 25.4. The maximum Gasteiger partial charge on any atom is 0.188 e. The lowest BCUT2D eigenvalue weighted by Crippen LogP contribution is -2.18. The van der Waals surface area contributed by atoms with E-state index in [-0.39, 0.29) is 17.6 Å². The van der Waals surface area contributed by atoms with Crippen molar-refractivity contribution in [3.63, 3.8) is 0 Å². The Kier molecular flexibility index (Phi) is 20.9. The van der Waals surface area contributed by atoms with Gasteiger partial charge in [0.25, 0.3) is 0 Å². The van der Waals surface area contributed by atoms with E-state index in [1.54, 1.807) is 14.2 Å². The molecular weight excluding hydrogens is 964 g/mol. The van der Waals surface area contributed by atoms with Crippen LogP contribution in [0.5, 0.6) is 11.5 Å². The van der Waals surface area contributed by atoms with Crippen molar-refractivity contribution in [1.82, 2.24) is 9.55 Å². The minimum Gasteiger partial charge on any atom is -0.466 e. The fourth-order valence-corrected chi connectivity index (χ4v) is 10.2. The van der Waals surface area contributed by atoms with Gasteiger partial charge in [-0.05, 0) is 106 Å². The van der Waals surface area contributed by atoms with Gasteiger partial charge in [0.15, 0.2) is 13.6 Å². The molecule has 1 N–H and O–H groups in total. The van der Waals surface area contributed by atoms with Crippen molar-refractivity contribution >= 4 is 66.2 Å². The smallest absolute Gasteiger partial charge is 0.188 e. The summed E-state index contributed by atoms with van der Waals surface area (Å²) in [6, 6.07) is 47.2. The summed E-state index contributed by atoms with van der Waals surface area (Å²) in [4.78, 5) is 3.38. The number of fused-ring (bicyclic) bond motifs is 6. The Balaban J connectivity index is 0.000000190. The van der Waals surface area contributed by atoms with Crippen molar-refractivity contribution in [2.75, 3.05) is 27.8 Å². The van der Waals surface area contributed by atoms with Gasteiger partial charge in [-0.1, -0.05) is 204 Å². The molecule has 69 heavy (non-hydrogen) atoms. The number of hydrogen-bond donors (Lipinski definition) is 1. The summed E-state index contributed by atoms with van der Waals surface area (Å²) in [6.45, 7) is 14.5. The van der Waals surface area contributed by atoms with Crippen molar-refractivity contribution in [3.8, 4) is 17.2 Å². The maximum absolute atomic E-state index is 6.07. The van der Waals surface area contributed by atoms with E-state index >= 15 is 0 Å². The zero-order valence-corrected chi connectivity index (χ0v) is 45.1. The molecule has 0 bridgehead atoms. The molecule has 0 radical (unpaired) electrons. The number of benzene rings is 6. The second-order valence-corrected chi connectivity index (χ2v) is 21.0. The van der Waals surface area contributed by atoms with Crippen LogP contribution in [-0.4, -0.2) is 37.4 Å². The molecule has 0 saturated carbocycles. The molecule has 0 saturated heterocycles. The number of halogens is 1. The molecule has 0 atom stereocenters. The number of unbranched alkanes of at least 4 members (excludes halogenated alkanes) is 10. The molecule has 8 rings (SSSR count). The largest absolute Gasteiger partial charge is 0.466 e. The number of nitrogens with zero attached hydrogens (tertiary/aromatic N) is 1. The molecule has 6 aromatic carbocycles. The number of rotatable bonds is 23. The summed E-state index contributed by atoms with van der Waals surface area (Å²) in [5, 5.41) is 5.12. The van der Waals surface area contributed by atoms with Gasteiger partial charge in [-0.15, -0.1) is 0 Å². The first kappa shape index (κ1) is 53.5. The topological polar surface area (TPSA) is 57.6 Å². The van der Waals surface area contributed by atoms with Gasteiger partial charge in [-0.3, -0.25) is 0 Å². The Morgan fingerprint density at radius 3 is 1.35 bits per heavy atom. The van der Waals surface area contributed by atoms with Crippen molar-refractivity contribution < 1.29 is 18.9 Å². The molecular formula is C62H79IN2O4. The number of hydrogen-bond acceptors (Lipinski definition) is 4. The highest BCUT2D eigenvalue weighted by Gasteiger charge is 2.24. The van der Waals surface area contributed by atoms with E-state index in [4.69, 9.17) is 18.9 Å². The van der Waals surface area contributed by atoms with Gasteiger partial charge in [0.2, 0.25) is 0 Å². The van der Waals surface area contributed by atoms with Crippen LogP contribution < -0.4 is 9.47 Å². The highest BCUT2D eigenvalue weighted by molar-refractivity contribution is 14.1. The predicted octanol–water partition coefficient (Wildman–Crippen LogP) is 18.4. The van der Waals surface area contributed by atoms with E-state index in [2.05, 4.69) is 207 Å². The van der Waals surface area contributed by atoms with E-state index in [0.29, 0.717) is 6.79 Å². The number of aromatic amines is 1. The lowest BCUT2D eigenvalue weighted by atomic mass is 9.79. The number of methoxy groups -OCH3 is 2. The van der Waals surface area contributed by atoms with Gasteiger partial charge in [0, 0.05) is 46.8 Å². The van der Waals surface area contributed by atoms with Gasteiger partial charge < -0.3 is 28.5 Å². The fraction of sp³-hybridized carbons (Fsp3) is 0.419. The summed E-state index contributed by atoms with van der Waals surface area (Å²) in [5.74, 6) is 1.74. The SMILES string of the molecule is CCCCCCCCC(C)(C)c1ccc(OCOC)c(-n2c3ccccc3c3ccccc32)c1.CCCCCCCCC(C)(C)c1ccc(OCOC)c(I)c1.c1ccc2c(c1)[nH]c1ccccc12. The normalized spacial score (nSPS) is 11.7. The molecule has 2 heterocycles. The predicted molar refractivity (Wildman–Crippen MR) is 303 cm³/mol. The molecule has 8 aromatic rings. The number of nitrogens with one attached hydrogen (secondary N) is 1. The zero-order chi connectivity index (χ0) is 49.1. The first-order chi connectivity index (χ1) is 33.5. The minimum atomic E-state index is 0.0953. The van der Waals surface area contributed by atoms with E-state index in [0.717, 1.165) is 20.8 Å². The second-order valence-electron chi connectivity index (χ2n) is 19.8. The van der Waals surface area contributed by atoms with Gasteiger partial charge in [0.1, 0.15) is 11.5 Å². The monoisotopic (exact) mass is 1040 g/mol. The Bertz CT molecular complexity index is 2680. The summed E-state index contributed by atoms with van der Waals surface area (Å²) in [6.07, 6.45) is 18.5. The molecule has 0 unspecified atom stereocenters. The van der Waals surface area contributed by atoms with Gasteiger partial charge in [-0.2, -0.15) is 0 Å². The Morgan fingerprint density at radius 2 is 0.870 bits per heavy atom. The van der Waals surface area contributed by atoms with Crippen LogP contribution in [0.2, 0.25) is 0 Å². The Labute approximate surface area is 427 Å². The van der Waals surface area contributed by atoms with Crippen molar-refractivity contribution in [3.05, 3.63) is 148 Å². The molecule has 2 aromatic heterocycles. The van der Waals surface area contributed by atoms with Crippen LogP contribution in [0.4, 0.5) is 0 Å². The third kappa shape index (κ3) is 14.6. The Hall–Kier alpha value is -4.83. The van der Waals surface area contributed by atoms with E-state index in [9.17, 15) is 0 Å². The molecule has 368 valence electrons. The van der Waals surface area contributed by atoms with E-state index in [1.165, 1.54) is 145 Å². The fourth-order valence-electron chi connectivity index (χ4n) is 9.48. The van der Waals surface area contributed by atoms with Crippen molar-refractivity contribution in [1.29, 1.82) is 0 Å². The molecule has 0 amide bonds. The molecule has 0 fully saturated rings. The van der Waals surface area contributed by atoms with E-state index in [1.807, 2.05) is 0 Å². The van der Waals surface area contributed by atoms with Gasteiger partial charge in [-0.25, -0.2) is 0 Å². The first-order valence-corrected chi connectivity index (χ1v) is 26.7. The number of ether oxygens (including phenoxy) is 4. The highest BCUT2D eigenvalue weighted by Crippen LogP contribution is 2.39. The van der Waals surface area contributed by atoms with Crippen molar-refractivity contribution in [2.45, 2.75) is 142 Å². The lowest BCUT2D eigenvalue weighted by Gasteiger charge is -2.27. The highest BCUT2D eigenvalue weighted by atomic mass is 127. The van der Waals surface area contributed by atoms with Crippen LogP contribution in [0.1, 0.15) is 143 Å². The summed E-state index contributed by atoms with van der Waals surface area (Å²) in [5.41, 5.74) is 8.95. The molecule has 0 aliphatic heterocycles. The maximum atomic E-state index is 6.07. The Morgan fingerprint density at radius 1 is 0.464 bits per heavy atom. The molecule has 6 nitrogen and oxygen atoms in total. The molecule has 7 heteroatoms. The number of aromatic nitrogens is 2. The molecule has 0 aliphatic rings.